The number of hydrogen-bond donors (Lipinski definition) is 1. The Morgan fingerprint density at radius 3 is 2.08 bits per heavy atom. The Morgan fingerprint density at radius 2 is 1.50 bits per heavy atom. The van der Waals surface area contributed by atoms with E-state index in [-0.39, 0.29) is 5.92 Å². The Morgan fingerprint density at radius 1 is 0.875 bits per heavy atom. The summed E-state index contributed by atoms with van der Waals surface area (Å²) in [5.41, 5.74) is 1.91. The second-order valence-electron chi connectivity index (χ2n) is 6.14. The molecule has 2 heteroatoms. The molecular weight excluding hydrogens is 294 g/mol. The van der Waals surface area contributed by atoms with E-state index in [1.54, 1.807) is 6.20 Å². The van der Waals surface area contributed by atoms with E-state index in [2.05, 4.69) is 24.0 Å². The molecule has 0 radical (unpaired) electrons. The topological polar surface area (TPSA) is 33.1 Å². The van der Waals surface area contributed by atoms with Crippen molar-refractivity contribution in [3.63, 3.8) is 0 Å². The molecule has 0 amide bonds. The Bertz CT molecular complexity index is 703. The fraction of sp³-hybridized carbons (Fsp3) is 0.227. The highest BCUT2D eigenvalue weighted by Gasteiger charge is 2.40. The molecule has 0 fully saturated rings. The van der Waals surface area contributed by atoms with E-state index in [0.29, 0.717) is 6.42 Å². The second kappa shape index (κ2) is 7.41. The third kappa shape index (κ3) is 3.24. The van der Waals surface area contributed by atoms with Gasteiger partial charge in [0.15, 0.2) is 0 Å². The molecule has 0 spiro atoms. The van der Waals surface area contributed by atoms with Gasteiger partial charge < -0.3 is 5.11 Å². The number of aromatic nitrogens is 1. The smallest absolute Gasteiger partial charge is 0.102 e. The summed E-state index contributed by atoms with van der Waals surface area (Å²) in [5.74, 6) is -0.206. The SMILES string of the molecule is CCC[C@](O)(c1ccccc1)[C@@H](c1ccccc1)c1ccccn1. The van der Waals surface area contributed by atoms with E-state index in [9.17, 15) is 5.11 Å². The quantitative estimate of drug-likeness (QED) is 0.701. The summed E-state index contributed by atoms with van der Waals surface area (Å²) < 4.78 is 0. The Labute approximate surface area is 143 Å². The van der Waals surface area contributed by atoms with E-state index >= 15 is 0 Å². The van der Waals surface area contributed by atoms with Gasteiger partial charge in [-0.3, -0.25) is 4.98 Å². The molecule has 0 aliphatic carbocycles. The lowest BCUT2D eigenvalue weighted by Gasteiger charge is -2.37. The standard InChI is InChI=1S/C22H23NO/c1-2-16-22(24,19-13-7-4-8-14-19)21(18-11-5-3-6-12-18)20-15-9-10-17-23-20/h3-15,17,21,24H,2,16H2,1H3/t21-,22-/m0/s1. The Hall–Kier alpha value is -2.45. The van der Waals surface area contributed by atoms with Gasteiger partial charge in [0.05, 0.1) is 11.6 Å². The van der Waals surface area contributed by atoms with Crippen LogP contribution in [-0.4, -0.2) is 10.1 Å². The first-order valence-electron chi connectivity index (χ1n) is 8.49. The highest BCUT2D eigenvalue weighted by atomic mass is 16.3. The monoisotopic (exact) mass is 317 g/mol. The molecule has 24 heavy (non-hydrogen) atoms. The predicted molar refractivity (Wildman–Crippen MR) is 97.8 cm³/mol. The Kier molecular flexibility index (Phi) is 5.07. The first kappa shape index (κ1) is 16.4. The van der Waals surface area contributed by atoms with Crippen LogP contribution in [0.25, 0.3) is 0 Å². The van der Waals surface area contributed by atoms with Gasteiger partial charge in [-0.2, -0.15) is 0 Å². The van der Waals surface area contributed by atoms with Crippen LogP contribution in [0.5, 0.6) is 0 Å². The zero-order valence-electron chi connectivity index (χ0n) is 14.0. The first-order valence-corrected chi connectivity index (χ1v) is 8.49. The van der Waals surface area contributed by atoms with Crippen LogP contribution < -0.4 is 0 Å². The largest absolute Gasteiger partial charge is 0.384 e. The molecule has 0 unspecified atom stereocenters. The number of pyridine rings is 1. The minimum absolute atomic E-state index is 0.206. The molecule has 1 N–H and O–H groups in total. The average Bonchev–Trinajstić information content (AvgIpc) is 2.65. The molecule has 2 aromatic carbocycles. The summed E-state index contributed by atoms with van der Waals surface area (Å²) in [6.45, 7) is 2.11. The highest BCUT2D eigenvalue weighted by Crippen LogP contribution is 2.44. The van der Waals surface area contributed by atoms with E-state index in [1.165, 1.54) is 0 Å². The van der Waals surface area contributed by atoms with E-state index < -0.39 is 5.60 Å². The molecule has 2 atom stereocenters. The number of nitrogens with zero attached hydrogens (tertiary/aromatic N) is 1. The lowest BCUT2D eigenvalue weighted by Crippen LogP contribution is -2.34. The molecule has 1 aromatic heterocycles. The maximum absolute atomic E-state index is 11.8. The molecule has 0 bridgehead atoms. The summed E-state index contributed by atoms with van der Waals surface area (Å²) in [5, 5.41) is 11.8. The first-order chi connectivity index (χ1) is 11.8. The minimum Gasteiger partial charge on any atom is -0.384 e. The number of benzene rings is 2. The minimum atomic E-state index is -0.994. The van der Waals surface area contributed by atoms with Crippen molar-refractivity contribution in [2.75, 3.05) is 0 Å². The number of rotatable bonds is 6. The fourth-order valence-electron chi connectivity index (χ4n) is 3.45. The van der Waals surface area contributed by atoms with Gasteiger partial charge in [-0.05, 0) is 29.7 Å². The van der Waals surface area contributed by atoms with Gasteiger partial charge >= 0.3 is 0 Å². The fourth-order valence-corrected chi connectivity index (χ4v) is 3.45. The molecule has 2 nitrogen and oxygen atoms in total. The Balaban J connectivity index is 2.19. The third-order valence-electron chi connectivity index (χ3n) is 4.50. The molecular formula is C22H23NO. The van der Waals surface area contributed by atoms with Gasteiger partial charge in [-0.1, -0.05) is 80.1 Å². The van der Waals surface area contributed by atoms with Crippen molar-refractivity contribution in [3.8, 4) is 0 Å². The van der Waals surface area contributed by atoms with Crippen molar-refractivity contribution in [1.29, 1.82) is 0 Å². The highest BCUT2D eigenvalue weighted by molar-refractivity contribution is 5.37. The summed E-state index contributed by atoms with van der Waals surface area (Å²) in [6, 6.07) is 26.0. The molecule has 0 aliphatic heterocycles. The van der Waals surface area contributed by atoms with Crippen LogP contribution in [0.15, 0.2) is 85.1 Å². The molecule has 0 saturated carbocycles. The lowest BCUT2D eigenvalue weighted by atomic mass is 9.73. The van der Waals surface area contributed by atoms with Gasteiger partial charge in [0, 0.05) is 6.20 Å². The van der Waals surface area contributed by atoms with Crippen LogP contribution in [0.4, 0.5) is 0 Å². The normalized spacial score (nSPS) is 14.8. The van der Waals surface area contributed by atoms with Crippen molar-refractivity contribution in [1.82, 2.24) is 4.98 Å². The van der Waals surface area contributed by atoms with Crippen LogP contribution in [0, 0.1) is 0 Å². The van der Waals surface area contributed by atoms with E-state index in [0.717, 1.165) is 23.2 Å². The van der Waals surface area contributed by atoms with Gasteiger partial charge in [0.2, 0.25) is 0 Å². The zero-order valence-corrected chi connectivity index (χ0v) is 14.0. The lowest BCUT2D eigenvalue weighted by molar-refractivity contribution is 0.00841. The van der Waals surface area contributed by atoms with Crippen molar-refractivity contribution in [3.05, 3.63) is 102 Å². The van der Waals surface area contributed by atoms with Gasteiger partial charge in [0.25, 0.3) is 0 Å². The summed E-state index contributed by atoms with van der Waals surface area (Å²) >= 11 is 0. The number of hydrogen-bond acceptors (Lipinski definition) is 2. The summed E-state index contributed by atoms with van der Waals surface area (Å²) in [4.78, 5) is 4.57. The van der Waals surface area contributed by atoms with Gasteiger partial charge in [0.1, 0.15) is 5.60 Å². The van der Waals surface area contributed by atoms with Crippen molar-refractivity contribution >= 4 is 0 Å². The second-order valence-corrected chi connectivity index (χ2v) is 6.14. The van der Waals surface area contributed by atoms with Crippen LogP contribution in [0.2, 0.25) is 0 Å². The van der Waals surface area contributed by atoms with Crippen molar-refractivity contribution < 1.29 is 5.11 Å². The average molecular weight is 317 g/mol. The van der Waals surface area contributed by atoms with Crippen LogP contribution in [0.3, 0.4) is 0 Å². The maximum Gasteiger partial charge on any atom is 0.102 e. The van der Waals surface area contributed by atoms with Crippen molar-refractivity contribution in [2.45, 2.75) is 31.3 Å². The zero-order chi connectivity index (χ0) is 16.8. The third-order valence-corrected chi connectivity index (χ3v) is 4.50. The van der Waals surface area contributed by atoms with Gasteiger partial charge in [-0.25, -0.2) is 0 Å². The van der Waals surface area contributed by atoms with Crippen molar-refractivity contribution in [2.24, 2.45) is 0 Å². The van der Waals surface area contributed by atoms with Crippen LogP contribution in [-0.2, 0) is 5.60 Å². The molecule has 1 heterocycles. The molecule has 0 aliphatic rings. The van der Waals surface area contributed by atoms with E-state index in [1.807, 2.05) is 66.7 Å². The molecule has 122 valence electrons. The van der Waals surface area contributed by atoms with Crippen LogP contribution in [0.1, 0.15) is 42.5 Å². The summed E-state index contributed by atoms with van der Waals surface area (Å²) in [7, 11) is 0. The maximum atomic E-state index is 11.8. The number of aliphatic hydroxyl groups is 1. The van der Waals surface area contributed by atoms with Gasteiger partial charge in [-0.15, -0.1) is 0 Å². The molecule has 3 aromatic rings. The van der Waals surface area contributed by atoms with E-state index in [4.69, 9.17) is 0 Å². The predicted octanol–water partition coefficient (Wildman–Crippen LogP) is 4.90. The molecule has 3 rings (SSSR count). The van der Waals surface area contributed by atoms with Crippen LogP contribution >= 0.6 is 0 Å². The molecule has 0 saturated heterocycles. The summed E-state index contributed by atoms with van der Waals surface area (Å²) in [6.07, 6.45) is 3.36.